The van der Waals surface area contributed by atoms with Crippen molar-refractivity contribution in [2.45, 2.75) is 18.6 Å². The Morgan fingerprint density at radius 1 is 1.32 bits per heavy atom. The molecule has 1 atom stereocenters. The summed E-state index contributed by atoms with van der Waals surface area (Å²) in [6.07, 6.45) is 2.21. The third-order valence-electron chi connectivity index (χ3n) is 3.30. The van der Waals surface area contributed by atoms with Crippen LogP contribution in [0, 0.1) is 12.7 Å². The molecule has 3 rings (SSSR count). The summed E-state index contributed by atoms with van der Waals surface area (Å²) in [5.74, 6) is 0.245. The molecule has 2 aromatic rings. The molecule has 1 aromatic carbocycles. The van der Waals surface area contributed by atoms with Crippen LogP contribution >= 0.6 is 11.8 Å². The zero-order chi connectivity index (χ0) is 15.5. The van der Waals surface area contributed by atoms with Gasteiger partial charge in [0.05, 0.1) is 5.25 Å². The van der Waals surface area contributed by atoms with E-state index in [4.69, 9.17) is 0 Å². The van der Waals surface area contributed by atoms with Crippen LogP contribution in [0.2, 0.25) is 0 Å². The highest BCUT2D eigenvalue weighted by Gasteiger charge is 2.30. The van der Waals surface area contributed by atoms with Gasteiger partial charge in [0.2, 0.25) is 5.91 Å². The van der Waals surface area contributed by atoms with E-state index in [1.54, 1.807) is 18.3 Å². The Kier molecular flexibility index (Phi) is 4.20. The largest absolute Gasteiger partial charge is 0.304 e. The van der Waals surface area contributed by atoms with Crippen molar-refractivity contribution < 1.29 is 9.18 Å². The minimum absolute atomic E-state index is 0.0818. The van der Waals surface area contributed by atoms with E-state index in [-0.39, 0.29) is 17.0 Å². The highest BCUT2D eigenvalue weighted by Crippen LogP contribution is 2.26. The second kappa shape index (κ2) is 6.27. The van der Waals surface area contributed by atoms with Gasteiger partial charge in [-0.1, -0.05) is 30.0 Å². The Hall–Kier alpha value is -2.21. The molecule has 0 radical (unpaired) electrons. The topological polar surface area (TPSA) is 54.4 Å². The highest BCUT2D eigenvalue weighted by atomic mass is 32.2. The number of aromatic nitrogens is 1. The van der Waals surface area contributed by atoms with E-state index >= 15 is 0 Å². The Bertz CT molecular complexity index is 730. The minimum atomic E-state index is -0.278. The average Bonchev–Trinajstić information content (AvgIpc) is 2.84. The Labute approximate surface area is 131 Å². The number of hydrogen-bond donors (Lipinski definition) is 1. The number of amidine groups is 1. The number of carbonyl (C=O) groups is 1. The van der Waals surface area contributed by atoms with Gasteiger partial charge in [-0.25, -0.2) is 14.4 Å². The molecule has 4 nitrogen and oxygen atoms in total. The minimum Gasteiger partial charge on any atom is -0.304 e. The van der Waals surface area contributed by atoms with Crippen molar-refractivity contribution >= 4 is 28.7 Å². The molecule has 2 heterocycles. The normalized spacial score (nSPS) is 19.5. The molecule has 1 aliphatic heterocycles. The molecule has 0 bridgehead atoms. The molecule has 22 heavy (non-hydrogen) atoms. The van der Waals surface area contributed by atoms with Gasteiger partial charge in [0.1, 0.15) is 5.82 Å². The Morgan fingerprint density at radius 2 is 2.09 bits per heavy atom. The first-order valence-electron chi connectivity index (χ1n) is 6.84. The molecular formula is C16H14FN3OS. The fraction of sp³-hybridized carbons (Fsp3) is 0.188. The third kappa shape index (κ3) is 3.33. The van der Waals surface area contributed by atoms with Crippen LogP contribution in [0.1, 0.15) is 11.1 Å². The van der Waals surface area contributed by atoms with E-state index in [2.05, 4.69) is 15.3 Å². The van der Waals surface area contributed by atoms with E-state index in [1.807, 2.05) is 19.1 Å². The number of benzene rings is 1. The number of amides is 1. The summed E-state index contributed by atoms with van der Waals surface area (Å²) in [5.41, 5.74) is 1.87. The maximum atomic E-state index is 12.9. The molecule has 0 saturated carbocycles. The summed E-state index contributed by atoms with van der Waals surface area (Å²) in [6.45, 7) is 1.92. The fourth-order valence-electron chi connectivity index (χ4n) is 2.12. The summed E-state index contributed by atoms with van der Waals surface area (Å²) < 4.78 is 12.9. The molecule has 1 unspecified atom stereocenters. The van der Waals surface area contributed by atoms with E-state index in [0.29, 0.717) is 17.4 Å². The molecule has 1 saturated heterocycles. The van der Waals surface area contributed by atoms with E-state index in [1.165, 1.54) is 23.9 Å². The van der Waals surface area contributed by atoms with E-state index in [9.17, 15) is 9.18 Å². The van der Waals surface area contributed by atoms with Crippen molar-refractivity contribution in [2.75, 3.05) is 0 Å². The van der Waals surface area contributed by atoms with Crippen molar-refractivity contribution in [3.8, 4) is 0 Å². The van der Waals surface area contributed by atoms with Crippen molar-refractivity contribution in [3.63, 3.8) is 0 Å². The van der Waals surface area contributed by atoms with Gasteiger partial charge in [0.15, 0.2) is 11.0 Å². The number of nitrogens with one attached hydrogen (secondary N) is 1. The molecule has 1 N–H and O–H groups in total. The number of carbonyl (C=O) groups excluding carboxylic acids is 1. The molecule has 1 fully saturated rings. The van der Waals surface area contributed by atoms with Crippen LogP contribution < -0.4 is 5.32 Å². The fourth-order valence-corrected chi connectivity index (χ4v) is 3.13. The molecule has 0 spiro atoms. The quantitative estimate of drug-likeness (QED) is 0.947. The lowest BCUT2D eigenvalue weighted by Gasteiger charge is -2.05. The number of aryl methyl sites for hydroxylation is 1. The predicted octanol–water partition coefficient (Wildman–Crippen LogP) is 2.99. The van der Waals surface area contributed by atoms with E-state index < -0.39 is 0 Å². The molecular weight excluding hydrogens is 301 g/mol. The second-order valence-corrected chi connectivity index (χ2v) is 6.18. The monoisotopic (exact) mass is 315 g/mol. The van der Waals surface area contributed by atoms with Crippen molar-refractivity contribution in [1.82, 2.24) is 10.3 Å². The first kappa shape index (κ1) is 14.7. The molecule has 112 valence electrons. The number of aliphatic imine (C=N–C) groups is 1. The molecule has 6 heteroatoms. The van der Waals surface area contributed by atoms with Crippen LogP contribution in [-0.2, 0) is 11.2 Å². The lowest BCUT2D eigenvalue weighted by atomic mass is 10.1. The van der Waals surface area contributed by atoms with Crippen molar-refractivity contribution in [3.05, 3.63) is 59.5 Å². The van der Waals surface area contributed by atoms with Gasteiger partial charge >= 0.3 is 0 Å². The summed E-state index contributed by atoms with van der Waals surface area (Å²) in [4.78, 5) is 20.6. The first-order chi connectivity index (χ1) is 10.6. The lowest BCUT2D eigenvalue weighted by Crippen LogP contribution is -2.26. The van der Waals surface area contributed by atoms with Gasteiger partial charge in [-0.3, -0.25) is 4.79 Å². The Balaban J connectivity index is 1.73. The van der Waals surface area contributed by atoms with E-state index in [0.717, 1.165) is 11.1 Å². The molecule has 1 aromatic heterocycles. The number of rotatable bonds is 3. The number of nitrogens with zero attached hydrogens (tertiary/aromatic N) is 2. The molecule has 1 amide bonds. The van der Waals surface area contributed by atoms with Crippen LogP contribution in [-0.4, -0.2) is 21.3 Å². The molecule has 0 aliphatic carbocycles. The highest BCUT2D eigenvalue weighted by molar-refractivity contribution is 8.15. The predicted molar refractivity (Wildman–Crippen MR) is 85.7 cm³/mol. The van der Waals surface area contributed by atoms with Crippen LogP contribution in [0.3, 0.4) is 0 Å². The van der Waals surface area contributed by atoms with Gasteiger partial charge < -0.3 is 5.32 Å². The van der Waals surface area contributed by atoms with Gasteiger partial charge in [0.25, 0.3) is 0 Å². The van der Waals surface area contributed by atoms with Gasteiger partial charge in [-0.15, -0.1) is 0 Å². The van der Waals surface area contributed by atoms with Gasteiger partial charge in [-0.05, 0) is 42.7 Å². The van der Waals surface area contributed by atoms with Crippen molar-refractivity contribution in [1.29, 1.82) is 0 Å². The lowest BCUT2D eigenvalue weighted by molar-refractivity contribution is -0.118. The Morgan fingerprint density at radius 3 is 2.82 bits per heavy atom. The van der Waals surface area contributed by atoms with Crippen LogP contribution in [0.25, 0.3) is 0 Å². The zero-order valence-electron chi connectivity index (χ0n) is 11.9. The number of thioether (sulfide) groups is 1. The second-order valence-electron chi connectivity index (χ2n) is 4.99. The standard InChI is InChI=1S/C16H14FN3OS/c1-10-3-2-8-18-14(10)19-16-20-15(21)13(22-16)9-11-4-6-12(17)7-5-11/h2-8,13H,9H2,1H3,(H,18,19,20,21). The number of halogens is 1. The SMILES string of the molecule is Cc1cccnc1/N=C1/NC(=O)C(Cc2ccc(F)cc2)S1. The number of pyridine rings is 1. The van der Waals surface area contributed by atoms with Crippen LogP contribution in [0.15, 0.2) is 47.6 Å². The summed E-state index contributed by atoms with van der Waals surface area (Å²) in [6, 6.07) is 9.96. The van der Waals surface area contributed by atoms with Gasteiger partial charge in [-0.2, -0.15) is 0 Å². The summed E-state index contributed by atoms with van der Waals surface area (Å²) in [7, 11) is 0. The number of hydrogen-bond acceptors (Lipinski definition) is 4. The maximum absolute atomic E-state index is 12.9. The van der Waals surface area contributed by atoms with Crippen LogP contribution in [0.5, 0.6) is 0 Å². The summed E-state index contributed by atoms with van der Waals surface area (Å²) in [5, 5.41) is 3.07. The van der Waals surface area contributed by atoms with Gasteiger partial charge in [0, 0.05) is 6.20 Å². The van der Waals surface area contributed by atoms with Crippen LogP contribution in [0.4, 0.5) is 10.2 Å². The zero-order valence-corrected chi connectivity index (χ0v) is 12.7. The first-order valence-corrected chi connectivity index (χ1v) is 7.72. The molecule has 1 aliphatic rings. The average molecular weight is 315 g/mol. The maximum Gasteiger partial charge on any atom is 0.239 e. The smallest absolute Gasteiger partial charge is 0.239 e. The third-order valence-corrected chi connectivity index (χ3v) is 4.38. The summed E-state index contributed by atoms with van der Waals surface area (Å²) >= 11 is 1.38. The van der Waals surface area contributed by atoms with Crippen molar-refractivity contribution in [2.24, 2.45) is 4.99 Å².